The van der Waals surface area contributed by atoms with Crippen LogP contribution in [0.5, 0.6) is 0 Å². The number of halogens is 4. The summed E-state index contributed by atoms with van der Waals surface area (Å²) in [7, 11) is 1.65. The molecule has 0 amide bonds. The van der Waals surface area contributed by atoms with Crippen LogP contribution in [0, 0.1) is 5.82 Å². The zero-order valence-corrected chi connectivity index (χ0v) is 11.9. The summed E-state index contributed by atoms with van der Waals surface area (Å²) in [4.78, 5) is 1.19. The third kappa shape index (κ3) is 4.37. The lowest BCUT2D eigenvalue weighted by molar-refractivity contribution is -0.119. The molecule has 1 N–H and O–H groups in total. The predicted octanol–water partition coefficient (Wildman–Crippen LogP) is 3.88. The van der Waals surface area contributed by atoms with Crippen LogP contribution in [0.4, 0.5) is 23.2 Å². The SMILES string of the molecule is CCCN(CC(F)(F)F)c1cccc(F)c1C(C)NC. The van der Waals surface area contributed by atoms with Gasteiger partial charge in [-0.2, -0.15) is 13.2 Å². The minimum Gasteiger partial charge on any atom is -0.362 e. The highest BCUT2D eigenvalue weighted by atomic mass is 19.4. The van der Waals surface area contributed by atoms with Crippen LogP contribution in [0.2, 0.25) is 0 Å². The van der Waals surface area contributed by atoms with Crippen LogP contribution in [-0.2, 0) is 0 Å². The number of hydrogen-bond donors (Lipinski definition) is 1. The van der Waals surface area contributed by atoms with Gasteiger partial charge in [0.05, 0.1) is 0 Å². The van der Waals surface area contributed by atoms with Crippen molar-refractivity contribution in [3.63, 3.8) is 0 Å². The van der Waals surface area contributed by atoms with Gasteiger partial charge in [-0.3, -0.25) is 0 Å². The molecule has 1 aromatic carbocycles. The van der Waals surface area contributed by atoms with Crippen LogP contribution in [0.25, 0.3) is 0 Å². The number of hydrogen-bond acceptors (Lipinski definition) is 2. The summed E-state index contributed by atoms with van der Waals surface area (Å²) < 4.78 is 52.0. The summed E-state index contributed by atoms with van der Waals surface area (Å²) in [6.07, 6.45) is -3.76. The molecule has 1 aromatic rings. The number of alkyl halides is 3. The molecule has 0 aliphatic carbocycles. The third-order valence-electron chi connectivity index (χ3n) is 3.10. The van der Waals surface area contributed by atoms with Gasteiger partial charge in [-0.15, -0.1) is 0 Å². The van der Waals surface area contributed by atoms with Crippen molar-refractivity contribution in [3.05, 3.63) is 29.6 Å². The average Bonchev–Trinajstić information content (AvgIpc) is 2.35. The molecule has 2 nitrogen and oxygen atoms in total. The van der Waals surface area contributed by atoms with E-state index in [0.29, 0.717) is 12.1 Å². The predicted molar refractivity (Wildman–Crippen MR) is 72.4 cm³/mol. The highest BCUT2D eigenvalue weighted by Crippen LogP contribution is 2.31. The molecule has 6 heteroatoms. The van der Waals surface area contributed by atoms with Gasteiger partial charge in [0, 0.05) is 23.8 Å². The van der Waals surface area contributed by atoms with Crippen molar-refractivity contribution in [1.29, 1.82) is 0 Å². The van der Waals surface area contributed by atoms with Crippen LogP contribution >= 0.6 is 0 Å². The van der Waals surface area contributed by atoms with E-state index in [0.717, 1.165) is 0 Å². The maximum atomic E-state index is 14.0. The minimum atomic E-state index is -4.32. The number of nitrogens with zero attached hydrogens (tertiary/aromatic N) is 1. The molecule has 0 radical (unpaired) electrons. The van der Waals surface area contributed by atoms with Crippen molar-refractivity contribution in [1.82, 2.24) is 5.32 Å². The molecular formula is C14H20F4N2. The minimum absolute atomic E-state index is 0.229. The smallest absolute Gasteiger partial charge is 0.362 e. The number of nitrogens with one attached hydrogen (secondary N) is 1. The number of benzene rings is 1. The second kappa shape index (κ2) is 6.92. The monoisotopic (exact) mass is 292 g/mol. The van der Waals surface area contributed by atoms with Crippen LogP contribution in [-0.4, -0.2) is 26.3 Å². The molecule has 0 saturated carbocycles. The Labute approximate surface area is 116 Å². The van der Waals surface area contributed by atoms with Crippen molar-refractivity contribution >= 4 is 5.69 Å². The second-order valence-electron chi connectivity index (χ2n) is 4.72. The summed E-state index contributed by atoms with van der Waals surface area (Å²) in [5.74, 6) is -0.493. The summed E-state index contributed by atoms with van der Waals surface area (Å²) in [5, 5.41) is 2.87. The Hall–Kier alpha value is -1.30. The van der Waals surface area contributed by atoms with Crippen molar-refractivity contribution in [3.8, 4) is 0 Å². The van der Waals surface area contributed by atoms with Gasteiger partial charge in [0.2, 0.25) is 0 Å². The van der Waals surface area contributed by atoms with E-state index in [1.807, 2.05) is 0 Å². The Bertz CT molecular complexity index is 432. The van der Waals surface area contributed by atoms with Gasteiger partial charge >= 0.3 is 6.18 Å². The quantitative estimate of drug-likeness (QED) is 0.800. The fourth-order valence-electron chi connectivity index (χ4n) is 2.15. The largest absolute Gasteiger partial charge is 0.405 e. The molecule has 114 valence electrons. The fourth-order valence-corrected chi connectivity index (χ4v) is 2.15. The van der Waals surface area contributed by atoms with E-state index in [1.54, 1.807) is 20.9 Å². The van der Waals surface area contributed by atoms with E-state index in [1.165, 1.54) is 23.1 Å². The Morgan fingerprint density at radius 2 is 1.95 bits per heavy atom. The van der Waals surface area contributed by atoms with Crippen molar-refractivity contribution in [2.75, 3.05) is 25.0 Å². The Morgan fingerprint density at radius 1 is 1.30 bits per heavy atom. The van der Waals surface area contributed by atoms with Crippen molar-refractivity contribution in [2.24, 2.45) is 0 Å². The lowest BCUT2D eigenvalue weighted by Gasteiger charge is -2.29. The fraction of sp³-hybridized carbons (Fsp3) is 0.571. The number of anilines is 1. The summed E-state index contributed by atoms with van der Waals surface area (Å²) >= 11 is 0. The van der Waals surface area contributed by atoms with Gasteiger partial charge in [0.15, 0.2) is 0 Å². The first-order valence-electron chi connectivity index (χ1n) is 6.57. The molecule has 0 aliphatic rings. The van der Waals surface area contributed by atoms with Gasteiger partial charge in [0.1, 0.15) is 12.4 Å². The van der Waals surface area contributed by atoms with Gasteiger partial charge < -0.3 is 10.2 Å². The molecule has 0 fully saturated rings. The Kier molecular flexibility index (Phi) is 5.80. The topological polar surface area (TPSA) is 15.3 Å². The second-order valence-corrected chi connectivity index (χ2v) is 4.72. The van der Waals surface area contributed by atoms with Crippen LogP contribution in [0.15, 0.2) is 18.2 Å². The zero-order chi connectivity index (χ0) is 15.3. The molecule has 1 rings (SSSR count). The lowest BCUT2D eigenvalue weighted by Crippen LogP contribution is -2.36. The van der Waals surface area contributed by atoms with E-state index >= 15 is 0 Å². The molecule has 0 spiro atoms. The maximum absolute atomic E-state index is 14.0. The molecule has 0 aliphatic heterocycles. The molecule has 1 unspecified atom stereocenters. The molecule has 0 saturated heterocycles. The third-order valence-corrected chi connectivity index (χ3v) is 3.10. The Morgan fingerprint density at radius 3 is 2.45 bits per heavy atom. The summed E-state index contributed by atoms with van der Waals surface area (Å²) in [5.41, 5.74) is 0.568. The van der Waals surface area contributed by atoms with E-state index in [-0.39, 0.29) is 18.2 Å². The normalized spacial score (nSPS) is 13.3. The highest BCUT2D eigenvalue weighted by molar-refractivity contribution is 5.55. The molecule has 1 atom stereocenters. The van der Waals surface area contributed by atoms with E-state index in [9.17, 15) is 17.6 Å². The Balaban J connectivity index is 3.22. The van der Waals surface area contributed by atoms with Crippen LogP contribution in [0.3, 0.4) is 0 Å². The molecule has 0 bridgehead atoms. The van der Waals surface area contributed by atoms with E-state index < -0.39 is 18.5 Å². The van der Waals surface area contributed by atoms with Gasteiger partial charge in [-0.1, -0.05) is 13.0 Å². The molecule has 20 heavy (non-hydrogen) atoms. The first kappa shape index (κ1) is 16.8. The average molecular weight is 292 g/mol. The van der Waals surface area contributed by atoms with Crippen LogP contribution in [0.1, 0.15) is 31.9 Å². The van der Waals surface area contributed by atoms with Gasteiger partial charge in [0.25, 0.3) is 0 Å². The first-order valence-corrected chi connectivity index (χ1v) is 6.57. The number of rotatable bonds is 6. The molecule has 0 aromatic heterocycles. The molecular weight excluding hydrogens is 272 g/mol. The standard InChI is InChI=1S/C14H20F4N2/c1-4-8-20(9-14(16,17)18)12-7-5-6-11(15)13(12)10(2)19-3/h5-7,10,19H,4,8-9H2,1-3H3. The first-order chi connectivity index (χ1) is 9.30. The van der Waals surface area contributed by atoms with Crippen LogP contribution < -0.4 is 10.2 Å². The summed E-state index contributed by atoms with van der Waals surface area (Å²) in [6, 6.07) is 3.88. The van der Waals surface area contributed by atoms with E-state index in [2.05, 4.69) is 5.32 Å². The van der Waals surface area contributed by atoms with Crippen molar-refractivity contribution < 1.29 is 17.6 Å². The zero-order valence-electron chi connectivity index (χ0n) is 11.9. The lowest BCUT2D eigenvalue weighted by atomic mass is 10.0. The van der Waals surface area contributed by atoms with Gasteiger partial charge in [-0.05, 0) is 32.5 Å². The van der Waals surface area contributed by atoms with E-state index in [4.69, 9.17) is 0 Å². The van der Waals surface area contributed by atoms with Gasteiger partial charge in [-0.25, -0.2) is 4.39 Å². The summed E-state index contributed by atoms with van der Waals surface area (Å²) in [6.45, 7) is 2.67. The van der Waals surface area contributed by atoms with Crippen molar-refractivity contribution in [2.45, 2.75) is 32.5 Å². The molecule has 0 heterocycles. The highest BCUT2D eigenvalue weighted by Gasteiger charge is 2.32. The maximum Gasteiger partial charge on any atom is 0.405 e.